The molecule has 0 N–H and O–H groups in total. The lowest BCUT2D eigenvalue weighted by atomic mass is 9.90. The normalized spacial score (nSPS) is 13.6. The van der Waals surface area contributed by atoms with E-state index in [1.807, 2.05) is 0 Å². The Labute approximate surface area is 361 Å². The molecule has 1 spiro atoms. The highest BCUT2D eigenvalue weighted by Gasteiger charge is 2.47. The summed E-state index contributed by atoms with van der Waals surface area (Å²) in [6.07, 6.45) is 0. The zero-order valence-corrected chi connectivity index (χ0v) is 35.7. The molecule has 0 bridgehead atoms. The Morgan fingerprint density at radius 3 is 0.967 bits per heavy atom. The smallest absolute Gasteiger partial charge is 0.137 e. The topological polar surface area (TPSA) is 18.5 Å². The Hall–Kier alpha value is -6.68. The molecule has 8 aromatic carbocycles. The third-order valence-electron chi connectivity index (χ3n) is 12.9. The van der Waals surface area contributed by atoms with E-state index in [1.54, 1.807) is 0 Å². The number of hydrogen-bond donors (Lipinski definition) is 0. The summed E-state index contributed by atoms with van der Waals surface area (Å²) in [5.74, 6) is 2.01. The lowest BCUT2D eigenvalue weighted by Crippen LogP contribution is -2.36. The van der Waals surface area contributed by atoms with Crippen LogP contribution in [-0.2, 0) is 39.4 Å². The maximum Gasteiger partial charge on any atom is 0.137 e. The van der Waals surface area contributed by atoms with E-state index in [2.05, 4.69) is 198 Å². The van der Waals surface area contributed by atoms with Gasteiger partial charge in [0.1, 0.15) is 50.9 Å². The minimum Gasteiger partial charge on any atom is -0.488 e. The lowest BCUT2D eigenvalue weighted by Gasteiger charge is -2.29. The summed E-state index contributed by atoms with van der Waals surface area (Å²) in [6.45, 7) is 13.2. The zero-order chi connectivity index (χ0) is 41.5. The van der Waals surface area contributed by atoms with Crippen molar-refractivity contribution in [2.24, 2.45) is 0 Å². The van der Waals surface area contributed by atoms with Crippen LogP contribution in [0.4, 0.5) is 0 Å². The second kappa shape index (κ2) is 16.1. The summed E-state index contributed by atoms with van der Waals surface area (Å²) in [7, 11) is 0. The van der Waals surface area contributed by atoms with Crippen LogP contribution in [0.1, 0.15) is 55.6 Å². The van der Waals surface area contributed by atoms with Crippen molar-refractivity contribution in [1.82, 2.24) is 0 Å². The highest BCUT2D eigenvalue weighted by Crippen LogP contribution is 2.54. The monoisotopic (exact) mass is 794 g/mol. The summed E-state index contributed by atoms with van der Waals surface area (Å²) < 4.78 is 15.1. The number of ether oxygens (including phenoxy) is 2. The number of rotatable bonds is 10. The zero-order valence-electron chi connectivity index (χ0n) is 35.7. The second-order valence-corrected chi connectivity index (χ2v) is 17.5. The highest BCUT2D eigenvalue weighted by atomic mass is 16.5. The quantitative estimate of drug-likeness (QED) is 0.128. The van der Waals surface area contributed by atoms with Gasteiger partial charge in [-0.25, -0.2) is 0 Å². The van der Waals surface area contributed by atoms with Crippen LogP contribution < -0.4 is 9.47 Å². The molecule has 0 saturated carbocycles. The molecule has 2 aliphatic heterocycles. The first-order valence-corrected chi connectivity index (χ1v) is 21.6. The first kappa shape index (κ1) is 38.5. The summed E-state index contributed by atoms with van der Waals surface area (Å²) >= 11 is 0. The molecule has 61 heavy (non-hydrogen) atoms. The van der Waals surface area contributed by atoms with Gasteiger partial charge in [-0.05, 0) is 84.3 Å². The molecule has 0 saturated heterocycles. The average molecular weight is 795 g/mol. The minimum atomic E-state index is 0.505. The molecule has 8 aromatic rings. The first-order valence-electron chi connectivity index (χ1n) is 21.6. The third-order valence-corrected chi connectivity index (χ3v) is 12.9. The maximum atomic E-state index is 7.11. The highest BCUT2D eigenvalue weighted by molar-refractivity contribution is 5.85. The van der Waals surface area contributed by atoms with Crippen molar-refractivity contribution in [3.8, 4) is 56.0 Å². The molecule has 0 aliphatic carbocycles. The number of nitrogens with zero attached hydrogens (tertiary/aromatic N) is 1. The maximum absolute atomic E-state index is 7.11. The van der Waals surface area contributed by atoms with Crippen molar-refractivity contribution in [3.63, 3.8) is 0 Å². The van der Waals surface area contributed by atoms with Gasteiger partial charge in [0.2, 0.25) is 0 Å². The van der Waals surface area contributed by atoms with Crippen LogP contribution in [0.2, 0.25) is 0 Å². The molecule has 0 unspecified atom stereocenters. The van der Waals surface area contributed by atoms with Crippen molar-refractivity contribution in [3.05, 3.63) is 225 Å². The van der Waals surface area contributed by atoms with E-state index >= 15 is 0 Å². The third kappa shape index (κ3) is 7.67. The molecular weight excluding hydrogens is 743 g/mol. The number of benzene rings is 8. The van der Waals surface area contributed by atoms with Gasteiger partial charge in [0.15, 0.2) is 0 Å². The van der Waals surface area contributed by atoms with Crippen molar-refractivity contribution >= 4 is 0 Å². The lowest BCUT2D eigenvalue weighted by molar-refractivity contribution is -0.966. The fourth-order valence-corrected chi connectivity index (χ4v) is 9.56. The van der Waals surface area contributed by atoms with Gasteiger partial charge in [0, 0.05) is 22.3 Å². The van der Waals surface area contributed by atoms with Crippen LogP contribution in [0.5, 0.6) is 11.5 Å². The Morgan fingerprint density at radius 2 is 0.639 bits per heavy atom. The van der Waals surface area contributed by atoms with Crippen LogP contribution in [0.3, 0.4) is 0 Å². The Morgan fingerprint density at radius 1 is 0.344 bits per heavy atom. The van der Waals surface area contributed by atoms with Crippen molar-refractivity contribution < 1.29 is 14.0 Å². The largest absolute Gasteiger partial charge is 0.488 e. The standard InChI is InChI=1S/C58H52NO2/c1-39-15-23-45(24-16-39)49-31-51(47-27-19-41(3)20-28-47)57(60-37-43-11-7-5-8-12-43)55-35-59(33-53(49)55)34-54-50(46-25-17-40(2)18-26-46)32-52(48-29-21-42(4)22-30-48)58(56(54)36-59)61-38-44-13-9-6-10-14-44/h5-32H,33-38H2,1-4H3/q+1. The van der Waals surface area contributed by atoms with E-state index in [-0.39, 0.29) is 0 Å². The Balaban J connectivity index is 1.16. The van der Waals surface area contributed by atoms with E-state index in [4.69, 9.17) is 9.47 Å². The molecule has 10 rings (SSSR count). The van der Waals surface area contributed by atoms with Gasteiger partial charge in [-0.3, -0.25) is 0 Å². The number of fused-ring (bicyclic) bond motifs is 2. The van der Waals surface area contributed by atoms with E-state index < -0.39 is 0 Å². The van der Waals surface area contributed by atoms with E-state index in [0.29, 0.717) is 13.2 Å². The van der Waals surface area contributed by atoms with Crippen molar-refractivity contribution in [1.29, 1.82) is 0 Å². The molecule has 2 aliphatic rings. The fraction of sp³-hybridized carbons (Fsp3) is 0.172. The van der Waals surface area contributed by atoms with Crippen LogP contribution >= 0.6 is 0 Å². The Kier molecular flexibility index (Phi) is 10.1. The molecule has 0 atom stereocenters. The van der Waals surface area contributed by atoms with Crippen LogP contribution in [-0.4, -0.2) is 4.48 Å². The molecule has 0 radical (unpaired) electrons. The van der Waals surface area contributed by atoms with Crippen molar-refractivity contribution in [2.75, 3.05) is 0 Å². The number of aryl methyl sites for hydroxylation is 4. The predicted octanol–water partition coefficient (Wildman–Crippen LogP) is 14.3. The van der Waals surface area contributed by atoms with E-state index in [9.17, 15) is 0 Å². The second-order valence-electron chi connectivity index (χ2n) is 17.5. The van der Waals surface area contributed by atoms with Crippen LogP contribution in [0, 0.1) is 27.7 Å². The number of hydrogen-bond acceptors (Lipinski definition) is 2. The minimum absolute atomic E-state index is 0.505. The summed E-state index contributed by atoms with van der Waals surface area (Å²) in [4.78, 5) is 0. The molecule has 0 amide bonds. The molecule has 0 aromatic heterocycles. The molecule has 3 nitrogen and oxygen atoms in total. The number of quaternary nitrogens is 1. The van der Waals surface area contributed by atoms with Gasteiger partial charge in [0.05, 0.1) is 11.1 Å². The SMILES string of the molecule is Cc1ccc(-c2cc(-c3ccc(C)cc3)c(OCc3ccccc3)c3c2C[N+]2(Cc4c(-c5ccc(C)cc5)cc(-c5ccc(C)cc5)c(OCc5ccccc5)c4C2)C3)cc1. The van der Waals surface area contributed by atoms with Crippen molar-refractivity contribution in [2.45, 2.75) is 67.1 Å². The summed E-state index contributed by atoms with van der Waals surface area (Å²) in [6, 6.07) is 62.1. The molecule has 3 heteroatoms. The average Bonchev–Trinajstić information content (AvgIpc) is 3.85. The summed E-state index contributed by atoms with van der Waals surface area (Å²) in [5.41, 5.74) is 22.5. The van der Waals surface area contributed by atoms with E-state index in [0.717, 1.165) is 64.4 Å². The molecular formula is C58H52NO2+. The van der Waals surface area contributed by atoms with Gasteiger partial charge in [0.25, 0.3) is 0 Å². The van der Waals surface area contributed by atoms with E-state index in [1.165, 1.54) is 77.9 Å². The summed E-state index contributed by atoms with van der Waals surface area (Å²) in [5, 5.41) is 0. The van der Waals surface area contributed by atoms with Gasteiger partial charge in [-0.15, -0.1) is 0 Å². The molecule has 300 valence electrons. The molecule has 0 fully saturated rings. The van der Waals surface area contributed by atoms with Gasteiger partial charge in [-0.2, -0.15) is 0 Å². The Bertz CT molecular complexity index is 2640. The van der Waals surface area contributed by atoms with Gasteiger partial charge < -0.3 is 14.0 Å². The van der Waals surface area contributed by atoms with Crippen LogP contribution in [0.15, 0.2) is 170 Å². The first-order chi connectivity index (χ1) is 29.8. The molecule has 2 heterocycles. The van der Waals surface area contributed by atoms with Crippen LogP contribution in [0.25, 0.3) is 44.5 Å². The fourth-order valence-electron chi connectivity index (χ4n) is 9.56. The van der Waals surface area contributed by atoms with Gasteiger partial charge in [-0.1, -0.05) is 180 Å². The predicted molar refractivity (Wildman–Crippen MR) is 250 cm³/mol. The van der Waals surface area contributed by atoms with Gasteiger partial charge >= 0.3 is 0 Å².